The highest BCUT2D eigenvalue weighted by Crippen LogP contribution is 2.53. The summed E-state index contributed by atoms with van der Waals surface area (Å²) in [5, 5.41) is 14.5. The second kappa shape index (κ2) is 10.8. The number of anilines is 1. The number of ether oxygens (including phenoxy) is 1. The number of carbonyl (C=O) groups is 1. The Balaban J connectivity index is 1.50. The van der Waals surface area contributed by atoms with Gasteiger partial charge in [-0.15, -0.1) is 0 Å². The van der Waals surface area contributed by atoms with Gasteiger partial charge in [-0.1, -0.05) is 36.4 Å². The quantitative estimate of drug-likeness (QED) is 0.417. The second-order valence-corrected chi connectivity index (χ2v) is 10.9. The number of pyridine rings is 1. The molecule has 1 heterocycles. The number of rotatable bonds is 7. The van der Waals surface area contributed by atoms with Crippen molar-refractivity contribution in [3.8, 4) is 0 Å². The maximum atomic E-state index is 13.2. The zero-order chi connectivity index (χ0) is 25.9. The monoisotopic (exact) mass is 498 g/mol. The molecule has 194 valence electrons. The van der Waals surface area contributed by atoms with E-state index in [9.17, 15) is 9.90 Å². The molecule has 0 aliphatic heterocycles. The Labute approximate surface area is 220 Å². The number of hydrogen-bond donors (Lipinski definition) is 2. The lowest BCUT2D eigenvalue weighted by Gasteiger charge is -2.50. The molecule has 0 spiro atoms. The average Bonchev–Trinajstić information content (AvgIpc) is 3.05. The van der Waals surface area contributed by atoms with Crippen LogP contribution in [-0.2, 0) is 23.0 Å². The van der Waals surface area contributed by atoms with Gasteiger partial charge in [-0.05, 0) is 106 Å². The van der Waals surface area contributed by atoms with Crippen molar-refractivity contribution < 1.29 is 14.6 Å². The van der Waals surface area contributed by atoms with E-state index in [0.717, 1.165) is 56.3 Å². The molecule has 3 atom stereocenters. The first-order valence-corrected chi connectivity index (χ1v) is 13.6. The number of nitrogens with one attached hydrogen (secondary N) is 1. The predicted molar refractivity (Wildman–Crippen MR) is 147 cm³/mol. The molecule has 37 heavy (non-hydrogen) atoms. The van der Waals surface area contributed by atoms with E-state index in [2.05, 4.69) is 52.8 Å². The van der Waals surface area contributed by atoms with Gasteiger partial charge < -0.3 is 15.2 Å². The molecule has 1 fully saturated rings. The Hall–Kier alpha value is -3.02. The summed E-state index contributed by atoms with van der Waals surface area (Å²) >= 11 is 0. The smallest absolute Gasteiger partial charge is 0.255 e. The third kappa shape index (κ3) is 5.34. The topological polar surface area (TPSA) is 71.5 Å². The molecule has 0 unspecified atom stereocenters. The minimum atomic E-state index is -0.771. The average molecular weight is 499 g/mol. The number of fused-ring (bicyclic) bond motifs is 3. The van der Waals surface area contributed by atoms with Crippen LogP contribution in [-0.4, -0.2) is 34.8 Å². The van der Waals surface area contributed by atoms with Gasteiger partial charge in [0.15, 0.2) is 0 Å². The van der Waals surface area contributed by atoms with E-state index in [0.29, 0.717) is 24.7 Å². The molecule has 1 amide bonds. The van der Waals surface area contributed by atoms with E-state index >= 15 is 0 Å². The van der Waals surface area contributed by atoms with Crippen molar-refractivity contribution in [3.63, 3.8) is 0 Å². The highest BCUT2D eigenvalue weighted by atomic mass is 16.5. The molecule has 1 saturated carbocycles. The van der Waals surface area contributed by atoms with Crippen molar-refractivity contribution in [1.82, 2.24) is 4.98 Å². The summed E-state index contributed by atoms with van der Waals surface area (Å²) in [6.07, 6.45) is 8.10. The zero-order valence-corrected chi connectivity index (χ0v) is 22.0. The molecule has 5 heteroatoms. The van der Waals surface area contributed by atoms with Gasteiger partial charge in [-0.25, -0.2) is 0 Å². The number of amides is 1. The molecule has 5 nitrogen and oxygen atoms in total. The number of benzene rings is 2. The minimum Gasteiger partial charge on any atom is -0.387 e. The molecule has 2 aliphatic carbocycles. The largest absolute Gasteiger partial charge is 0.387 e. The number of carbonyl (C=O) groups excluding carboxylic acids is 1. The van der Waals surface area contributed by atoms with Crippen LogP contribution in [0.25, 0.3) is 0 Å². The van der Waals surface area contributed by atoms with Crippen molar-refractivity contribution in [2.45, 2.75) is 69.8 Å². The van der Waals surface area contributed by atoms with Gasteiger partial charge >= 0.3 is 0 Å². The standard InChI is InChI=1S/C32H38N2O3/c1-3-37-22-31(36)16-17-32(20-24-9-5-4-6-10-24)27(21-31)12-7-11-25-19-26(14-15-28(25)32)30(35)34-29-13-8-18-33-23(29)2/h4-6,8-10,13-15,18-19,27,36H,3,7,11-12,16-17,20-22H2,1-2H3,(H,34,35)/t27-,31+,32-/m1/s1. The Morgan fingerprint density at radius 2 is 1.97 bits per heavy atom. The highest BCUT2D eigenvalue weighted by Gasteiger charge is 2.50. The van der Waals surface area contributed by atoms with Crippen LogP contribution in [0.3, 0.4) is 0 Å². The van der Waals surface area contributed by atoms with Crippen molar-refractivity contribution in [1.29, 1.82) is 0 Å². The predicted octanol–water partition coefficient (Wildman–Crippen LogP) is 6.03. The Bertz CT molecular complexity index is 1240. The summed E-state index contributed by atoms with van der Waals surface area (Å²) in [7, 11) is 0. The zero-order valence-electron chi connectivity index (χ0n) is 22.0. The van der Waals surface area contributed by atoms with E-state index in [4.69, 9.17) is 4.74 Å². The van der Waals surface area contributed by atoms with Gasteiger partial charge in [0.1, 0.15) is 0 Å². The van der Waals surface area contributed by atoms with Gasteiger partial charge in [0.25, 0.3) is 5.91 Å². The number of nitrogens with zero attached hydrogens (tertiary/aromatic N) is 1. The van der Waals surface area contributed by atoms with Gasteiger partial charge in [-0.3, -0.25) is 9.78 Å². The summed E-state index contributed by atoms with van der Waals surface area (Å²) < 4.78 is 5.71. The molecular formula is C32H38N2O3. The third-order valence-electron chi connectivity index (χ3n) is 8.54. The minimum absolute atomic E-state index is 0.0689. The van der Waals surface area contributed by atoms with Crippen molar-refractivity contribution in [2.24, 2.45) is 5.92 Å². The van der Waals surface area contributed by atoms with Crippen LogP contribution < -0.4 is 5.32 Å². The fraction of sp³-hybridized carbons (Fsp3) is 0.438. The molecule has 0 bridgehead atoms. The van der Waals surface area contributed by atoms with Crippen LogP contribution in [0.5, 0.6) is 0 Å². The number of aryl methyl sites for hydroxylation is 2. The van der Waals surface area contributed by atoms with Crippen LogP contribution in [0.4, 0.5) is 5.69 Å². The normalized spacial score (nSPS) is 25.0. The van der Waals surface area contributed by atoms with Crippen LogP contribution >= 0.6 is 0 Å². The number of aromatic nitrogens is 1. The first-order chi connectivity index (χ1) is 17.9. The van der Waals surface area contributed by atoms with Gasteiger partial charge in [0, 0.05) is 23.8 Å². The highest BCUT2D eigenvalue weighted by molar-refractivity contribution is 6.04. The number of aliphatic hydroxyl groups is 1. The SMILES string of the molecule is CCOC[C@]1(O)CC[C@]2(Cc3ccccc3)c3ccc(C(=O)Nc4cccnc4C)cc3CCC[C@@H]2C1. The molecule has 2 N–H and O–H groups in total. The molecule has 5 rings (SSSR count). The van der Waals surface area contributed by atoms with E-state index in [1.807, 2.05) is 32.0 Å². The lowest BCUT2D eigenvalue weighted by atomic mass is 9.56. The van der Waals surface area contributed by atoms with Crippen LogP contribution in [0, 0.1) is 12.8 Å². The molecule has 2 aliphatic rings. The van der Waals surface area contributed by atoms with Crippen molar-refractivity contribution in [2.75, 3.05) is 18.5 Å². The first kappa shape index (κ1) is 25.6. The molecular weight excluding hydrogens is 460 g/mol. The summed E-state index contributed by atoms with van der Waals surface area (Å²) in [5.74, 6) is 0.248. The fourth-order valence-corrected chi connectivity index (χ4v) is 6.64. The van der Waals surface area contributed by atoms with Gasteiger partial charge in [0.2, 0.25) is 0 Å². The summed E-state index contributed by atoms with van der Waals surface area (Å²) in [6.45, 7) is 4.91. The summed E-state index contributed by atoms with van der Waals surface area (Å²) in [4.78, 5) is 17.5. The summed E-state index contributed by atoms with van der Waals surface area (Å²) in [5.41, 5.74) is 5.33. The van der Waals surface area contributed by atoms with E-state index in [1.165, 1.54) is 16.7 Å². The maximum absolute atomic E-state index is 13.2. The van der Waals surface area contributed by atoms with Crippen molar-refractivity contribution >= 4 is 11.6 Å². The van der Waals surface area contributed by atoms with E-state index < -0.39 is 5.60 Å². The van der Waals surface area contributed by atoms with E-state index in [1.54, 1.807) is 6.20 Å². The molecule has 3 aromatic rings. The van der Waals surface area contributed by atoms with Crippen LogP contribution in [0.1, 0.15) is 71.8 Å². The Kier molecular flexibility index (Phi) is 7.45. The third-order valence-corrected chi connectivity index (χ3v) is 8.54. The maximum Gasteiger partial charge on any atom is 0.255 e. The fourth-order valence-electron chi connectivity index (χ4n) is 6.64. The van der Waals surface area contributed by atoms with Crippen LogP contribution in [0.2, 0.25) is 0 Å². The van der Waals surface area contributed by atoms with Gasteiger partial charge in [-0.2, -0.15) is 0 Å². The lowest BCUT2D eigenvalue weighted by Crippen LogP contribution is -2.51. The molecule has 0 radical (unpaired) electrons. The molecule has 0 saturated heterocycles. The Morgan fingerprint density at radius 3 is 2.76 bits per heavy atom. The van der Waals surface area contributed by atoms with Gasteiger partial charge in [0.05, 0.1) is 23.6 Å². The van der Waals surface area contributed by atoms with Crippen LogP contribution in [0.15, 0.2) is 66.9 Å². The number of hydrogen-bond acceptors (Lipinski definition) is 4. The lowest BCUT2D eigenvalue weighted by molar-refractivity contribution is -0.0970. The Morgan fingerprint density at radius 1 is 1.14 bits per heavy atom. The summed E-state index contributed by atoms with van der Waals surface area (Å²) in [6, 6.07) is 20.7. The first-order valence-electron chi connectivity index (χ1n) is 13.6. The second-order valence-electron chi connectivity index (χ2n) is 10.9. The molecule has 1 aromatic heterocycles. The van der Waals surface area contributed by atoms with Crippen molar-refractivity contribution in [3.05, 3.63) is 94.8 Å². The van der Waals surface area contributed by atoms with E-state index in [-0.39, 0.29) is 11.3 Å². The molecule has 2 aromatic carbocycles.